The van der Waals surface area contributed by atoms with Gasteiger partial charge in [-0.05, 0) is 27.7 Å². The second-order valence-corrected chi connectivity index (χ2v) is 5.75. The van der Waals surface area contributed by atoms with Crippen LogP contribution in [0.15, 0.2) is 0 Å². The fourth-order valence-electron chi connectivity index (χ4n) is 2.53. The Morgan fingerprint density at radius 3 is 2.28 bits per heavy atom. The van der Waals surface area contributed by atoms with E-state index in [0.717, 1.165) is 0 Å². The fraction of sp³-hybridized carbons (Fsp3) is 0.917. The van der Waals surface area contributed by atoms with E-state index >= 15 is 0 Å². The normalized spacial score (nSPS) is 45.4. The third-order valence-electron chi connectivity index (χ3n) is 3.27. The smallest absolute Gasteiger partial charge is 0.198 e. The highest BCUT2D eigenvalue weighted by molar-refractivity contribution is 5.90. The number of Topliss-reactive ketones (excluding diaryl/α,β-unsaturated/α-hetero) is 1. The molecule has 18 heavy (non-hydrogen) atoms. The first-order valence-electron chi connectivity index (χ1n) is 6.14. The van der Waals surface area contributed by atoms with Crippen molar-refractivity contribution in [3.05, 3.63) is 0 Å². The summed E-state index contributed by atoms with van der Waals surface area (Å²) >= 11 is 0. The van der Waals surface area contributed by atoms with Crippen LogP contribution in [0.1, 0.15) is 27.7 Å². The molecule has 0 aromatic heterocycles. The molecule has 4 atom stereocenters. The average molecular weight is 258 g/mol. The predicted octanol–water partition coefficient (Wildman–Crippen LogP) is 0.583. The van der Waals surface area contributed by atoms with Crippen LogP contribution in [0, 0.1) is 0 Å². The zero-order valence-corrected chi connectivity index (χ0v) is 11.0. The van der Waals surface area contributed by atoms with Crippen molar-refractivity contribution in [2.75, 3.05) is 6.61 Å². The van der Waals surface area contributed by atoms with Gasteiger partial charge in [0.2, 0.25) is 0 Å². The number of hydrogen-bond donors (Lipinski definition) is 0. The summed E-state index contributed by atoms with van der Waals surface area (Å²) in [7, 11) is 0. The van der Waals surface area contributed by atoms with Gasteiger partial charge in [-0.2, -0.15) is 0 Å². The van der Waals surface area contributed by atoms with E-state index in [4.69, 9.17) is 23.7 Å². The molecule has 0 N–H and O–H groups in total. The van der Waals surface area contributed by atoms with E-state index in [1.165, 1.54) is 0 Å². The second-order valence-electron chi connectivity index (χ2n) is 5.75. The van der Waals surface area contributed by atoms with E-state index in [0.29, 0.717) is 6.61 Å². The van der Waals surface area contributed by atoms with Crippen LogP contribution in [0.4, 0.5) is 0 Å². The molecule has 0 aromatic rings. The lowest BCUT2D eigenvalue weighted by Gasteiger charge is -2.23. The minimum Gasteiger partial charge on any atom is -0.348 e. The topological polar surface area (TPSA) is 63.2 Å². The van der Waals surface area contributed by atoms with Crippen LogP contribution in [0.5, 0.6) is 0 Å². The van der Waals surface area contributed by atoms with Crippen LogP contribution in [-0.4, -0.2) is 48.6 Å². The average Bonchev–Trinajstić information content (AvgIpc) is 2.81. The monoisotopic (exact) mass is 258 g/mol. The molecule has 3 heterocycles. The van der Waals surface area contributed by atoms with Gasteiger partial charge in [-0.1, -0.05) is 0 Å². The summed E-state index contributed by atoms with van der Waals surface area (Å²) in [6, 6.07) is 0. The molecule has 6 heteroatoms. The van der Waals surface area contributed by atoms with Gasteiger partial charge in [0.15, 0.2) is 35.9 Å². The molecule has 3 rings (SSSR count). The van der Waals surface area contributed by atoms with Crippen LogP contribution in [-0.2, 0) is 28.5 Å². The summed E-state index contributed by atoms with van der Waals surface area (Å²) < 4.78 is 27.7. The van der Waals surface area contributed by atoms with Crippen molar-refractivity contribution >= 4 is 5.78 Å². The van der Waals surface area contributed by atoms with E-state index in [-0.39, 0.29) is 5.78 Å². The molecule has 3 saturated heterocycles. The molecule has 0 unspecified atom stereocenters. The minimum atomic E-state index is -0.776. The van der Waals surface area contributed by atoms with Gasteiger partial charge in [0.25, 0.3) is 0 Å². The van der Waals surface area contributed by atoms with Crippen molar-refractivity contribution in [2.45, 2.75) is 63.9 Å². The number of carbonyl (C=O) groups is 1. The van der Waals surface area contributed by atoms with E-state index in [9.17, 15) is 4.79 Å². The summed E-state index contributed by atoms with van der Waals surface area (Å²) in [4.78, 5) is 12.2. The van der Waals surface area contributed by atoms with Crippen molar-refractivity contribution in [1.82, 2.24) is 0 Å². The second kappa shape index (κ2) is 3.74. The van der Waals surface area contributed by atoms with Crippen molar-refractivity contribution in [3.63, 3.8) is 0 Å². The first-order chi connectivity index (χ1) is 8.27. The van der Waals surface area contributed by atoms with Crippen molar-refractivity contribution in [3.8, 4) is 0 Å². The van der Waals surface area contributed by atoms with Gasteiger partial charge in [0.1, 0.15) is 6.10 Å². The number of hydrogen-bond acceptors (Lipinski definition) is 6. The molecule has 0 radical (unpaired) electrons. The van der Waals surface area contributed by atoms with Crippen LogP contribution in [0.25, 0.3) is 0 Å². The Hall–Kier alpha value is -0.530. The van der Waals surface area contributed by atoms with Gasteiger partial charge in [-0.15, -0.1) is 0 Å². The van der Waals surface area contributed by atoms with Gasteiger partial charge in [0.05, 0.1) is 6.61 Å². The van der Waals surface area contributed by atoms with Gasteiger partial charge >= 0.3 is 0 Å². The van der Waals surface area contributed by atoms with Crippen LogP contribution in [0.3, 0.4) is 0 Å². The molecule has 0 amide bonds. The molecule has 0 aromatic carbocycles. The van der Waals surface area contributed by atoms with Crippen LogP contribution < -0.4 is 0 Å². The molecule has 102 valence electrons. The maximum atomic E-state index is 12.2. The molecule has 0 aliphatic carbocycles. The molecule has 3 fully saturated rings. The standard InChI is InChI=1S/C12H18O6/c1-11(2)14-5-6(16-11)8-7(13)9-10(15-8)18-12(3,4)17-9/h6,8-10H,5H2,1-4H3/t6-,8-,9+,10-/m0/s1. The molecular formula is C12H18O6. The molecule has 6 nitrogen and oxygen atoms in total. The Morgan fingerprint density at radius 2 is 1.72 bits per heavy atom. The maximum Gasteiger partial charge on any atom is 0.198 e. The Kier molecular flexibility index (Phi) is 2.60. The van der Waals surface area contributed by atoms with E-state index in [1.807, 2.05) is 13.8 Å². The van der Waals surface area contributed by atoms with Crippen molar-refractivity contribution in [1.29, 1.82) is 0 Å². The Labute approximate surface area is 105 Å². The van der Waals surface area contributed by atoms with E-state index < -0.39 is 36.2 Å². The van der Waals surface area contributed by atoms with Crippen molar-refractivity contribution < 1.29 is 28.5 Å². The van der Waals surface area contributed by atoms with Crippen LogP contribution in [0.2, 0.25) is 0 Å². The molecule has 0 bridgehead atoms. The summed E-state index contributed by atoms with van der Waals surface area (Å²) in [5.41, 5.74) is 0. The SMILES string of the molecule is CC1(C)OC[C@@H]([C@@H]2O[C@H]3OC(C)(C)O[C@@H]3C2=O)O1. The third-order valence-corrected chi connectivity index (χ3v) is 3.27. The molecular weight excluding hydrogens is 240 g/mol. The van der Waals surface area contributed by atoms with Crippen molar-refractivity contribution in [2.24, 2.45) is 0 Å². The first kappa shape index (κ1) is 12.5. The number of ketones is 1. The number of rotatable bonds is 1. The van der Waals surface area contributed by atoms with E-state index in [1.54, 1.807) is 13.8 Å². The van der Waals surface area contributed by atoms with Gasteiger partial charge in [0, 0.05) is 0 Å². The van der Waals surface area contributed by atoms with Gasteiger partial charge in [-0.3, -0.25) is 4.79 Å². The maximum absolute atomic E-state index is 12.2. The highest BCUT2D eigenvalue weighted by atomic mass is 16.8. The molecule has 0 spiro atoms. The fourth-order valence-corrected chi connectivity index (χ4v) is 2.53. The lowest BCUT2D eigenvalue weighted by atomic mass is 10.1. The first-order valence-corrected chi connectivity index (χ1v) is 6.14. The summed E-state index contributed by atoms with van der Waals surface area (Å²) in [6.07, 6.45) is -2.35. The quantitative estimate of drug-likeness (QED) is 0.685. The number of fused-ring (bicyclic) bond motifs is 1. The largest absolute Gasteiger partial charge is 0.348 e. The molecule has 0 saturated carbocycles. The zero-order valence-electron chi connectivity index (χ0n) is 11.0. The summed E-state index contributed by atoms with van der Waals surface area (Å²) in [6.45, 7) is 7.48. The van der Waals surface area contributed by atoms with E-state index in [2.05, 4.69) is 0 Å². The Morgan fingerprint density at radius 1 is 1.00 bits per heavy atom. The third kappa shape index (κ3) is 1.98. The Balaban J connectivity index is 1.70. The predicted molar refractivity (Wildman–Crippen MR) is 58.6 cm³/mol. The summed E-state index contributed by atoms with van der Waals surface area (Å²) in [5.74, 6) is -1.58. The highest BCUT2D eigenvalue weighted by Crippen LogP contribution is 2.38. The number of carbonyl (C=O) groups excluding carboxylic acids is 1. The van der Waals surface area contributed by atoms with Crippen LogP contribution >= 0.6 is 0 Å². The Bertz CT molecular complexity index is 377. The summed E-state index contributed by atoms with van der Waals surface area (Å²) in [5, 5.41) is 0. The zero-order chi connectivity index (χ0) is 13.1. The molecule has 3 aliphatic rings. The highest BCUT2D eigenvalue weighted by Gasteiger charge is 2.57. The van der Waals surface area contributed by atoms with Gasteiger partial charge in [-0.25, -0.2) is 0 Å². The minimum absolute atomic E-state index is 0.128. The lowest BCUT2D eigenvalue weighted by Crippen LogP contribution is -2.39. The van der Waals surface area contributed by atoms with Gasteiger partial charge < -0.3 is 23.7 Å². The lowest BCUT2D eigenvalue weighted by molar-refractivity contribution is -0.219. The number of ether oxygens (including phenoxy) is 5. The molecule has 3 aliphatic heterocycles.